The number of thiophene rings is 1. The monoisotopic (exact) mass is 246 g/mol. The maximum atomic E-state index is 5.64. The fraction of sp³-hybridized carbons (Fsp3) is 0.333. The first kappa shape index (κ1) is 10.5. The molecule has 3 rings (SSSR count). The van der Waals surface area contributed by atoms with Crippen LogP contribution in [0.4, 0.5) is 11.8 Å². The standard InChI is InChI=1S/C12H14N4S/c13-12-14-5-3-11(15-12)16(10-1-2-10)7-9-4-6-17-8-9/h3-6,8,10H,1-2,7H2,(H2,13,14,15). The van der Waals surface area contributed by atoms with Crippen LogP contribution >= 0.6 is 11.3 Å². The first-order chi connectivity index (χ1) is 8.33. The first-order valence-corrected chi connectivity index (χ1v) is 6.63. The minimum Gasteiger partial charge on any atom is -0.368 e. The number of anilines is 2. The molecule has 0 saturated heterocycles. The van der Waals surface area contributed by atoms with Crippen molar-refractivity contribution >= 4 is 23.1 Å². The lowest BCUT2D eigenvalue weighted by molar-refractivity contribution is 0.778. The van der Waals surface area contributed by atoms with Gasteiger partial charge in [0.25, 0.3) is 0 Å². The summed E-state index contributed by atoms with van der Waals surface area (Å²) in [7, 11) is 0. The minimum atomic E-state index is 0.346. The van der Waals surface area contributed by atoms with Crippen LogP contribution < -0.4 is 10.6 Å². The summed E-state index contributed by atoms with van der Waals surface area (Å²) in [5, 5.41) is 4.29. The highest BCUT2D eigenvalue weighted by atomic mass is 32.1. The van der Waals surface area contributed by atoms with Gasteiger partial charge in [-0.1, -0.05) is 0 Å². The van der Waals surface area contributed by atoms with Gasteiger partial charge in [0.1, 0.15) is 5.82 Å². The third-order valence-corrected chi connectivity index (χ3v) is 3.61. The summed E-state index contributed by atoms with van der Waals surface area (Å²) in [4.78, 5) is 10.6. The Morgan fingerprint density at radius 3 is 2.94 bits per heavy atom. The molecule has 1 saturated carbocycles. The smallest absolute Gasteiger partial charge is 0.221 e. The summed E-state index contributed by atoms with van der Waals surface area (Å²) in [5.41, 5.74) is 6.98. The maximum Gasteiger partial charge on any atom is 0.221 e. The van der Waals surface area contributed by atoms with Crippen LogP contribution in [0.3, 0.4) is 0 Å². The van der Waals surface area contributed by atoms with Gasteiger partial charge in [0, 0.05) is 18.8 Å². The van der Waals surface area contributed by atoms with Gasteiger partial charge in [0.15, 0.2) is 0 Å². The molecule has 0 aromatic carbocycles. The van der Waals surface area contributed by atoms with E-state index in [4.69, 9.17) is 5.73 Å². The van der Waals surface area contributed by atoms with Gasteiger partial charge in [-0.15, -0.1) is 0 Å². The third-order valence-electron chi connectivity index (χ3n) is 2.87. The van der Waals surface area contributed by atoms with E-state index in [2.05, 4.69) is 31.7 Å². The molecule has 2 heterocycles. The van der Waals surface area contributed by atoms with Crippen molar-refractivity contribution in [2.45, 2.75) is 25.4 Å². The lowest BCUT2D eigenvalue weighted by Gasteiger charge is -2.22. The van der Waals surface area contributed by atoms with Gasteiger partial charge in [0.05, 0.1) is 0 Å². The second kappa shape index (κ2) is 4.33. The molecule has 0 atom stereocenters. The van der Waals surface area contributed by atoms with Crippen molar-refractivity contribution in [2.75, 3.05) is 10.6 Å². The number of hydrogen-bond donors (Lipinski definition) is 1. The molecule has 1 aliphatic carbocycles. The van der Waals surface area contributed by atoms with E-state index in [9.17, 15) is 0 Å². The predicted octanol–water partition coefficient (Wildman–Crippen LogP) is 2.29. The molecule has 0 aliphatic heterocycles. The van der Waals surface area contributed by atoms with Crippen molar-refractivity contribution in [3.63, 3.8) is 0 Å². The number of nitrogens with zero attached hydrogens (tertiary/aromatic N) is 3. The van der Waals surface area contributed by atoms with Crippen LogP contribution in [-0.4, -0.2) is 16.0 Å². The highest BCUT2D eigenvalue weighted by molar-refractivity contribution is 7.07. The Hall–Kier alpha value is -1.62. The van der Waals surface area contributed by atoms with E-state index in [-0.39, 0.29) is 0 Å². The van der Waals surface area contributed by atoms with E-state index >= 15 is 0 Å². The zero-order chi connectivity index (χ0) is 11.7. The number of rotatable bonds is 4. The van der Waals surface area contributed by atoms with E-state index in [0.29, 0.717) is 12.0 Å². The Bertz CT molecular complexity index is 493. The van der Waals surface area contributed by atoms with Crippen LogP contribution in [0, 0.1) is 0 Å². The zero-order valence-corrected chi connectivity index (χ0v) is 10.2. The first-order valence-electron chi connectivity index (χ1n) is 5.69. The average molecular weight is 246 g/mol. The normalized spacial score (nSPS) is 14.8. The Labute approximate surface area is 104 Å². The fourth-order valence-electron chi connectivity index (χ4n) is 1.89. The molecule has 5 heteroatoms. The second-order valence-corrected chi connectivity index (χ2v) is 5.04. The molecule has 1 fully saturated rings. The van der Waals surface area contributed by atoms with Crippen LogP contribution in [0.5, 0.6) is 0 Å². The summed E-state index contributed by atoms with van der Waals surface area (Å²) in [6, 6.07) is 4.70. The third kappa shape index (κ3) is 2.39. The van der Waals surface area contributed by atoms with Crippen LogP contribution in [0.15, 0.2) is 29.1 Å². The summed E-state index contributed by atoms with van der Waals surface area (Å²) in [6.45, 7) is 0.907. The van der Waals surface area contributed by atoms with Crippen LogP contribution in [0.1, 0.15) is 18.4 Å². The van der Waals surface area contributed by atoms with E-state index in [1.807, 2.05) is 6.07 Å². The molecule has 2 aromatic heterocycles. The Balaban J connectivity index is 1.85. The van der Waals surface area contributed by atoms with Crippen molar-refractivity contribution in [3.05, 3.63) is 34.7 Å². The largest absolute Gasteiger partial charge is 0.368 e. The molecule has 0 radical (unpaired) electrons. The molecule has 0 unspecified atom stereocenters. The molecular weight excluding hydrogens is 232 g/mol. The van der Waals surface area contributed by atoms with Gasteiger partial charge in [0.2, 0.25) is 5.95 Å². The number of aromatic nitrogens is 2. The zero-order valence-electron chi connectivity index (χ0n) is 9.41. The molecule has 0 bridgehead atoms. The fourth-order valence-corrected chi connectivity index (χ4v) is 2.55. The van der Waals surface area contributed by atoms with Gasteiger partial charge in [-0.25, -0.2) is 4.98 Å². The van der Waals surface area contributed by atoms with Gasteiger partial charge in [-0.05, 0) is 41.3 Å². The highest BCUT2D eigenvalue weighted by Gasteiger charge is 2.30. The molecule has 17 heavy (non-hydrogen) atoms. The van der Waals surface area contributed by atoms with E-state index < -0.39 is 0 Å². The molecule has 1 aliphatic rings. The summed E-state index contributed by atoms with van der Waals surface area (Å²) in [5.74, 6) is 1.28. The van der Waals surface area contributed by atoms with Crippen LogP contribution in [-0.2, 0) is 6.54 Å². The van der Waals surface area contributed by atoms with Gasteiger partial charge < -0.3 is 10.6 Å². The van der Waals surface area contributed by atoms with Gasteiger partial charge >= 0.3 is 0 Å². The van der Waals surface area contributed by atoms with E-state index in [1.54, 1.807) is 17.5 Å². The van der Waals surface area contributed by atoms with Crippen LogP contribution in [0.25, 0.3) is 0 Å². The Morgan fingerprint density at radius 2 is 2.29 bits per heavy atom. The van der Waals surface area contributed by atoms with Crippen molar-refractivity contribution in [2.24, 2.45) is 0 Å². The van der Waals surface area contributed by atoms with Crippen molar-refractivity contribution in [3.8, 4) is 0 Å². The van der Waals surface area contributed by atoms with Crippen molar-refractivity contribution < 1.29 is 0 Å². The molecule has 0 amide bonds. The summed E-state index contributed by atoms with van der Waals surface area (Å²) in [6.07, 6.45) is 4.21. The van der Waals surface area contributed by atoms with Gasteiger partial charge in [-0.3, -0.25) is 0 Å². The summed E-state index contributed by atoms with van der Waals surface area (Å²) >= 11 is 1.73. The molecule has 88 valence electrons. The topological polar surface area (TPSA) is 55.0 Å². The number of nitrogens with two attached hydrogens (primary N) is 1. The molecular formula is C12H14N4S. The molecule has 4 nitrogen and oxygen atoms in total. The van der Waals surface area contributed by atoms with Crippen LogP contribution in [0.2, 0.25) is 0 Å². The van der Waals surface area contributed by atoms with E-state index in [1.165, 1.54) is 18.4 Å². The maximum absolute atomic E-state index is 5.64. The predicted molar refractivity (Wildman–Crippen MR) is 70.0 cm³/mol. The quantitative estimate of drug-likeness (QED) is 0.899. The Morgan fingerprint density at radius 1 is 1.41 bits per heavy atom. The molecule has 2 aromatic rings. The highest BCUT2D eigenvalue weighted by Crippen LogP contribution is 2.32. The molecule has 0 spiro atoms. The second-order valence-electron chi connectivity index (χ2n) is 4.26. The average Bonchev–Trinajstić information content (AvgIpc) is 3.03. The van der Waals surface area contributed by atoms with Crippen molar-refractivity contribution in [1.82, 2.24) is 9.97 Å². The lowest BCUT2D eigenvalue weighted by Crippen LogP contribution is -2.26. The molecule has 2 N–H and O–H groups in total. The van der Waals surface area contributed by atoms with E-state index in [0.717, 1.165) is 12.4 Å². The Kier molecular flexibility index (Phi) is 2.68. The summed E-state index contributed by atoms with van der Waals surface area (Å²) < 4.78 is 0. The number of hydrogen-bond acceptors (Lipinski definition) is 5. The minimum absolute atomic E-state index is 0.346. The lowest BCUT2D eigenvalue weighted by atomic mass is 10.3. The number of nitrogen functional groups attached to an aromatic ring is 1. The SMILES string of the molecule is Nc1nccc(N(Cc2ccsc2)C2CC2)n1. The van der Waals surface area contributed by atoms with Crippen molar-refractivity contribution in [1.29, 1.82) is 0 Å². The van der Waals surface area contributed by atoms with Gasteiger partial charge in [-0.2, -0.15) is 16.3 Å².